The fourth-order valence-electron chi connectivity index (χ4n) is 2.63. The van der Waals surface area contributed by atoms with Crippen molar-refractivity contribution in [1.29, 1.82) is 0 Å². The van der Waals surface area contributed by atoms with E-state index in [0.29, 0.717) is 11.9 Å². The molecule has 6 nitrogen and oxygen atoms in total. The van der Waals surface area contributed by atoms with E-state index in [-0.39, 0.29) is 11.4 Å². The Morgan fingerprint density at radius 2 is 1.74 bits per heavy atom. The van der Waals surface area contributed by atoms with Crippen LogP contribution < -0.4 is 9.80 Å². The first-order valence-electron chi connectivity index (χ1n) is 6.70. The zero-order chi connectivity index (χ0) is 13.2. The Kier molecular flexibility index (Phi) is 3.70. The lowest BCUT2D eigenvalue weighted by molar-refractivity contribution is 0.121. The molecule has 3 heterocycles. The molecule has 2 fully saturated rings. The van der Waals surface area contributed by atoms with E-state index in [0.717, 1.165) is 32.6 Å². The van der Waals surface area contributed by atoms with Crippen LogP contribution in [-0.2, 0) is 4.74 Å². The summed E-state index contributed by atoms with van der Waals surface area (Å²) >= 11 is 6.03. The second-order valence-corrected chi connectivity index (χ2v) is 5.33. The number of anilines is 2. The SMILES string of the molecule is COC1CCN(c2nc(Cl)nc(N3CCCC3)n2)C1. The molecule has 0 aliphatic carbocycles. The third kappa shape index (κ3) is 2.74. The molecule has 1 aromatic rings. The summed E-state index contributed by atoms with van der Waals surface area (Å²) in [6.45, 7) is 3.72. The van der Waals surface area contributed by atoms with E-state index in [4.69, 9.17) is 16.3 Å². The van der Waals surface area contributed by atoms with Gasteiger partial charge in [-0.15, -0.1) is 0 Å². The minimum Gasteiger partial charge on any atom is -0.380 e. The van der Waals surface area contributed by atoms with E-state index in [1.807, 2.05) is 0 Å². The Balaban J connectivity index is 1.81. The van der Waals surface area contributed by atoms with Crippen LogP contribution in [0.3, 0.4) is 0 Å². The molecular formula is C12H18ClN5O. The number of hydrogen-bond donors (Lipinski definition) is 0. The van der Waals surface area contributed by atoms with Crippen LogP contribution in [0.5, 0.6) is 0 Å². The maximum Gasteiger partial charge on any atom is 0.231 e. The van der Waals surface area contributed by atoms with Gasteiger partial charge in [-0.3, -0.25) is 0 Å². The molecular weight excluding hydrogens is 266 g/mol. The van der Waals surface area contributed by atoms with E-state index in [2.05, 4.69) is 24.8 Å². The van der Waals surface area contributed by atoms with Gasteiger partial charge in [-0.2, -0.15) is 15.0 Å². The summed E-state index contributed by atoms with van der Waals surface area (Å²) in [5.41, 5.74) is 0. The maximum atomic E-state index is 6.03. The molecule has 0 spiro atoms. The first-order chi connectivity index (χ1) is 9.26. The van der Waals surface area contributed by atoms with E-state index in [1.54, 1.807) is 7.11 Å². The van der Waals surface area contributed by atoms with Crippen LogP contribution in [0.1, 0.15) is 19.3 Å². The van der Waals surface area contributed by atoms with Gasteiger partial charge in [-0.1, -0.05) is 0 Å². The van der Waals surface area contributed by atoms with Gasteiger partial charge in [0, 0.05) is 33.3 Å². The number of halogens is 1. The third-order valence-electron chi connectivity index (χ3n) is 3.73. The van der Waals surface area contributed by atoms with Gasteiger partial charge in [-0.25, -0.2) is 0 Å². The van der Waals surface area contributed by atoms with E-state index >= 15 is 0 Å². The van der Waals surface area contributed by atoms with Crippen LogP contribution in [0.2, 0.25) is 5.28 Å². The van der Waals surface area contributed by atoms with Crippen LogP contribution >= 0.6 is 11.6 Å². The van der Waals surface area contributed by atoms with Gasteiger partial charge < -0.3 is 14.5 Å². The molecule has 7 heteroatoms. The van der Waals surface area contributed by atoms with E-state index in [9.17, 15) is 0 Å². The summed E-state index contributed by atoms with van der Waals surface area (Å²) in [6.07, 6.45) is 3.63. The molecule has 104 valence electrons. The van der Waals surface area contributed by atoms with Gasteiger partial charge in [0.05, 0.1) is 6.10 Å². The number of methoxy groups -OCH3 is 1. The standard InChI is InChI=1S/C12H18ClN5O/c1-19-9-4-7-18(8-9)12-15-10(13)14-11(16-12)17-5-2-3-6-17/h9H,2-8H2,1H3. The summed E-state index contributed by atoms with van der Waals surface area (Å²) in [5.74, 6) is 1.37. The van der Waals surface area contributed by atoms with Gasteiger partial charge >= 0.3 is 0 Å². The molecule has 0 radical (unpaired) electrons. The number of nitrogens with zero attached hydrogens (tertiary/aromatic N) is 5. The average molecular weight is 284 g/mol. The normalized spacial score (nSPS) is 23.4. The van der Waals surface area contributed by atoms with Crippen molar-refractivity contribution in [3.05, 3.63) is 5.28 Å². The lowest BCUT2D eigenvalue weighted by Gasteiger charge is -2.19. The Morgan fingerprint density at radius 3 is 2.37 bits per heavy atom. The molecule has 0 N–H and O–H groups in total. The quantitative estimate of drug-likeness (QED) is 0.835. The van der Waals surface area contributed by atoms with Crippen LogP contribution in [0, 0.1) is 0 Å². The average Bonchev–Trinajstić information content (AvgIpc) is 3.09. The van der Waals surface area contributed by atoms with Crippen molar-refractivity contribution in [2.75, 3.05) is 43.1 Å². The minimum absolute atomic E-state index is 0.255. The zero-order valence-electron chi connectivity index (χ0n) is 11.0. The highest BCUT2D eigenvalue weighted by atomic mass is 35.5. The van der Waals surface area contributed by atoms with Crippen molar-refractivity contribution in [3.8, 4) is 0 Å². The van der Waals surface area contributed by atoms with Crippen molar-refractivity contribution < 1.29 is 4.74 Å². The van der Waals surface area contributed by atoms with Crippen LogP contribution in [-0.4, -0.2) is 54.3 Å². The first kappa shape index (κ1) is 12.9. The Labute approximate surface area is 117 Å². The topological polar surface area (TPSA) is 54.4 Å². The molecule has 0 bridgehead atoms. The molecule has 0 amide bonds. The zero-order valence-corrected chi connectivity index (χ0v) is 11.8. The lowest BCUT2D eigenvalue weighted by Crippen LogP contribution is -2.27. The van der Waals surface area contributed by atoms with Crippen LogP contribution in [0.4, 0.5) is 11.9 Å². The molecule has 1 atom stereocenters. The highest BCUT2D eigenvalue weighted by Crippen LogP contribution is 2.23. The summed E-state index contributed by atoms with van der Waals surface area (Å²) in [4.78, 5) is 17.3. The maximum absolute atomic E-state index is 6.03. The summed E-state index contributed by atoms with van der Waals surface area (Å²) in [6, 6.07) is 0. The van der Waals surface area contributed by atoms with Gasteiger partial charge in [0.1, 0.15) is 0 Å². The van der Waals surface area contributed by atoms with E-state index < -0.39 is 0 Å². The Bertz CT molecular complexity index is 452. The third-order valence-corrected chi connectivity index (χ3v) is 3.90. The molecule has 1 aromatic heterocycles. The lowest BCUT2D eigenvalue weighted by atomic mass is 10.3. The molecule has 2 aliphatic rings. The predicted molar refractivity (Wildman–Crippen MR) is 73.9 cm³/mol. The molecule has 3 rings (SSSR count). The smallest absolute Gasteiger partial charge is 0.231 e. The van der Waals surface area contributed by atoms with Gasteiger partial charge in [0.15, 0.2) is 0 Å². The fourth-order valence-corrected chi connectivity index (χ4v) is 2.78. The number of rotatable bonds is 3. The van der Waals surface area contributed by atoms with Crippen molar-refractivity contribution in [1.82, 2.24) is 15.0 Å². The number of hydrogen-bond acceptors (Lipinski definition) is 6. The van der Waals surface area contributed by atoms with Gasteiger partial charge in [0.2, 0.25) is 17.2 Å². The molecule has 19 heavy (non-hydrogen) atoms. The van der Waals surface area contributed by atoms with Crippen molar-refractivity contribution in [2.24, 2.45) is 0 Å². The second kappa shape index (κ2) is 5.46. The predicted octanol–water partition coefficient (Wildman–Crippen LogP) is 1.35. The number of aromatic nitrogens is 3. The van der Waals surface area contributed by atoms with Crippen LogP contribution in [0.25, 0.3) is 0 Å². The first-order valence-corrected chi connectivity index (χ1v) is 7.08. The highest BCUT2D eigenvalue weighted by Gasteiger charge is 2.26. The molecule has 0 aromatic carbocycles. The molecule has 1 unspecified atom stereocenters. The largest absolute Gasteiger partial charge is 0.380 e. The van der Waals surface area contributed by atoms with Crippen molar-refractivity contribution >= 4 is 23.5 Å². The fraction of sp³-hybridized carbons (Fsp3) is 0.750. The van der Waals surface area contributed by atoms with Gasteiger partial charge in [-0.05, 0) is 30.9 Å². The number of ether oxygens (including phenoxy) is 1. The van der Waals surface area contributed by atoms with Gasteiger partial charge in [0.25, 0.3) is 0 Å². The van der Waals surface area contributed by atoms with E-state index in [1.165, 1.54) is 12.8 Å². The van der Waals surface area contributed by atoms with Crippen molar-refractivity contribution in [2.45, 2.75) is 25.4 Å². The Hall–Kier alpha value is -1.14. The Morgan fingerprint density at radius 1 is 1.05 bits per heavy atom. The minimum atomic E-state index is 0.255. The monoisotopic (exact) mass is 283 g/mol. The second-order valence-electron chi connectivity index (χ2n) is 4.99. The molecule has 2 aliphatic heterocycles. The summed E-state index contributed by atoms with van der Waals surface area (Å²) in [7, 11) is 1.74. The highest BCUT2D eigenvalue weighted by molar-refractivity contribution is 6.28. The summed E-state index contributed by atoms with van der Waals surface area (Å²) in [5, 5.41) is 0.271. The van der Waals surface area contributed by atoms with Crippen molar-refractivity contribution in [3.63, 3.8) is 0 Å². The summed E-state index contributed by atoms with van der Waals surface area (Å²) < 4.78 is 5.37. The van der Waals surface area contributed by atoms with Crippen LogP contribution in [0.15, 0.2) is 0 Å². The molecule has 2 saturated heterocycles. The molecule has 0 saturated carbocycles.